The topological polar surface area (TPSA) is 70.0 Å². The summed E-state index contributed by atoms with van der Waals surface area (Å²) in [5.41, 5.74) is 0.711. The minimum atomic E-state index is -0.970. The van der Waals surface area contributed by atoms with Crippen molar-refractivity contribution in [3.05, 3.63) is 29.8 Å². The van der Waals surface area contributed by atoms with Crippen molar-refractivity contribution in [2.24, 2.45) is 11.8 Å². The molecule has 2 aliphatic rings. The van der Waals surface area contributed by atoms with E-state index < -0.39 is 11.6 Å². The van der Waals surface area contributed by atoms with Crippen molar-refractivity contribution in [2.45, 2.75) is 44.8 Å². The van der Waals surface area contributed by atoms with Gasteiger partial charge in [0, 0.05) is 25.6 Å². The Morgan fingerprint density at radius 1 is 1.33 bits per heavy atom. The van der Waals surface area contributed by atoms with Crippen LogP contribution in [0, 0.1) is 11.8 Å². The molecule has 3 atom stereocenters. The molecule has 0 spiro atoms. The van der Waals surface area contributed by atoms with Gasteiger partial charge < -0.3 is 14.9 Å². The van der Waals surface area contributed by atoms with Crippen LogP contribution in [-0.4, -0.2) is 46.4 Å². The normalized spacial score (nSPS) is 30.1. The van der Waals surface area contributed by atoms with Crippen LogP contribution in [0.25, 0.3) is 0 Å². The molecule has 24 heavy (non-hydrogen) atoms. The number of ether oxygens (including phenoxy) is 1. The second kappa shape index (κ2) is 7.11. The summed E-state index contributed by atoms with van der Waals surface area (Å²) in [5, 5.41) is 19.5. The molecular weight excluding hydrogens is 306 g/mol. The summed E-state index contributed by atoms with van der Waals surface area (Å²) in [4.78, 5) is 13.0. The number of aliphatic carboxylic acids is 1. The van der Waals surface area contributed by atoms with Crippen molar-refractivity contribution in [1.82, 2.24) is 4.90 Å². The number of fused-ring (bicyclic) bond motifs is 1. The van der Waals surface area contributed by atoms with E-state index >= 15 is 0 Å². The molecule has 0 aromatic heterocycles. The van der Waals surface area contributed by atoms with E-state index in [1.165, 1.54) is 12.0 Å². The zero-order valence-corrected chi connectivity index (χ0v) is 14.3. The van der Waals surface area contributed by atoms with E-state index in [-0.39, 0.29) is 6.61 Å². The summed E-state index contributed by atoms with van der Waals surface area (Å²) < 4.78 is 5.17. The second-order valence-corrected chi connectivity index (χ2v) is 7.24. The molecular formula is C19H27NO4. The Morgan fingerprint density at radius 3 is 2.75 bits per heavy atom. The number of carboxylic acids is 1. The van der Waals surface area contributed by atoms with Crippen molar-refractivity contribution in [1.29, 1.82) is 0 Å². The van der Waals surface area contributed by atoms with Gasteiger partial charge in [-0.15, -0.1) is 0 Å². The van der Waals surface area contributed by atoms with E-state index in [1.54, 1.807) is 0 Å². The van der Waals surface area contributed by atoms with Gasteiger partial charge in [0.2, 0.25) is 0 Å². The van der Waals surface area contributed by atoms with E-state index in [4.69, 9.17) is 9.84 Å². The number of hydrogen-bond donors (Lipinski definition) is 2. The predicted molar refractivity (Wildman–Crippen MR) is 90.9 cm³/mol. The summed E-state index contributed by atoms with van der Waals surface area (Å²) in [5.74, 6) is 0.620. The fourth-order valence-corrected chi connectivity index (χ4v) is 4.38. The van der Waals surface area contributed by atoms with Crippen molar-refractivity contribution in [3.8, 4) is 5.75 Å². The number of likely N-dealkylation sites (tertiary alicyclic amines) is 1. The fourth-order valence-electron chi connectivity index (χ4n) is 4.38. The van der Waals surface area contributed by atoms with E-state index in [2.05, 4.69) is 11.8 Å². The monoisotopic (exact) mass is 333 g/mol. The molecule has 5 nitrogen and oxygen atoms in total. The molecule has 2 fully saturated rings. The summed E-state index contributed by atoms with van der Waals surface area (Å²) in [6, 6.07) is 7.63. The van der Waals surface area contributed by atoms with E-state index in [0.29, 0.717) is 17.6 Å². The lowest BCUT2D eigenvalue weighted by Gasteiger charge is -2.40. The van der Waals surface area contributed by atoms with Crippen molar-refractivity contribution in [3.63, 3.8) is 0 Å². The highest BCUT2D eigenvalue weighted by atomic mass is 16.5. The molecule has 3 rings (SSSR count). The summed E-state index contributed by atoms with van der Waals surface area (Å²) in [6.45, 7) is 4.67. The molecule has 1 aliphatic carbocycles. The van der Waals surface area contributed by atoms with Gasteiger partial charge in [-0.05, 0) is 42.9 Å². The van der Waals surface area contributed by atoms with Gasteiger partial charge in [0.25, 0.3) is 0 Å². The van der Waals surface area contributed by atoms with E-state index in [1.807, 2.05) is 24.3 Å². The summed E-state index contributed by atoms with van der Waals surface area (Å²) >= 11 is 0. The molecule has 132 valence electrons. The third-order valence-corrected chi connectivity index (χ3v) is 5.70. The fraction of sp³-hybridized carbons (Fsp3) is 0.632. The van der Waals surface area contributed by atoms with Crippen LogP contribution in [0.1, 0.15) is 38.2 Å². The van der Waals surface area contributed by atoms with Crippen molar-refractivity contribution < 1.29 is 19.7 Å². The first-order valence-electron chi connectivity index (χ1n) is 8.88. The van der Waals surface area contributed by atoms with Crippen LogP contribution in [0.4, 0.5) is 0 Å². The van der Waals surface area contributed by atoms with Gasteiger partial charge in [-0.2, -0.15) is 0 Å². The van der Waals surface area contributed by atoms with Crippen LogP contribution in [0.15, 0.2) is 24.3 Å². The lowest BCUT2D eigenvalue weighted by molar-refractivity contribution is -0.139. The number of aliphatic hydroxyl groups is 1. The Morgan fingerprint density at radius 2 is 2.08 bits per heavy atom. The first-order chi connectivity index (χ1) is 11.5. The summed E-state index contributed by atoms with van der Waals surface area (Å²) in [6.07, 6.45) is 4.14. The van der Waals surface area contributed by atoms with Crippen LogP contribution in [0.2, 0.25) is 0 Å². The van der Waals surface area contributed by atoms with Gasteiger partial charge in [0.05, 0.1) is 5.60 Å². The first kappa shape index (κ1) is 17.2. The second-order valence-electron chi connectivity index (χ2n) is 7.24. The van der Waals surface area contributed by atoms with Gasteiger partial charge in [-0.25, -0.2) is 4.79 Å². The van der Waals surface area contributed by atoms with E-state index in [9.17, 15) is 9.90 Å². The Bertz CT molecular complexity index is 573. The third kappa shape index (κ3) is 3.73. The zero-order chi connectivity index (χ0) is 17.2. The highest BCUT2D eigenvalue weighted by molar-refractivity contribution is 5.68. The molecule has 1 heterocycles. The maximum absolute atomic E-state index is 10.9. The van der Waals surface area contributed by atoms with Crippen molar-refractivity contribution >= 4 is 5.97 Å². The number of nitrogens with zero attached hydrogens (tertiary/aromatic N) is 1. The molecule has 0 bridgehead atoms. The Hall–Kier alpha value is -1.59. The molecule has 2 N–H and O–H groups in total. The van der Waals surface area contributed by atoms with Gasteiger partial charge in [0.15, 0.2) is 6.61 Å². The van der Waals surface area contributed by atoms with Crippen LogP contribution >= 0.6 is 0 Å². The molecule has 1 saturated heterocycles. The maximum atomic E-state index is 10.9. The molecule has 1 aliphatic heterocycles. The lowest BCUT2D eigenvalue weighted by Crippen LogP contribution is -2.44. The Balaban J connectivity index is 1.58. The molecule has 1 saturated carbocycles. The lowest BCUT2D eigenvalue weighted by atomic mass is 9.69. The van der Waals surface area contributed by atoms with E-state index in [0.717, 1.165) is 38.9 Å². The Kier molecular flexibility index (Phi) is 5.11. The molecule has 0 unspecified atom stereocenters. The molecule has 5 heteroatoms. The number of rotatable bonds is 6. The standard InChI is InChI=1S/C19H27NO4/c1-2-19(23)9-3-4-15-11-20(12-17(15)19)10-14-5-7-16(8-6-14)24-13-18(21)22/h5-8,15,17,23H,2-4,9-13H2,1H3,(H,21,22)/t15-,17+,19-/m1/s1. The van der Waals surface area contributed by atoms with Gasteiger partial charge in [-0.3, -0.25) is 4.90 Å². The third-order valence-electron chi connectivity index (χ3n) is 5.70. The Labute approximate surface area is 143 Å². The molecule has 0 radical (unpaired) electrons. The zero-order valence-electron chi connectivity index (χ0n) is 14.3. The van der Waals surface area contributed by atoms with Gasteiger partial charge in [-0.1, -0.05) is 25.5 Å². The van der Waals surface area contributed by atoms with Crippen molar-refractivity contribution in [2.75, 3.05) is 19.7 Å². The number of carboxylic acid groups (broad SMARTS) is 1. The van der Waals surface area contributed by atoms with Crippen LogP contribution in [0.5, 0.6) is 5.75 Å². The minimum absolute atomic E-state index is 0.315. The first-order valence-corrected chi connectivity index (χ1v) is 8.88. The van der Waals surface area contributed by atoms with Crippen LogP contribution in [-0.2, 0) is 11.3 Å². The number of carbonyl (C=O) groups is 1. The quantitative estimate of drug-likeness (QED) is 0.837. The largest absolute Gasteiger partial charge is 0.482 e. The van der Waals surface area contributed by atoms with Gasteiger partial charge >= 0.3 is 5.97 Å². The SMILES string of the molecule is CC[C@@]1(O)CCC[C@@H]2CN(Cc3ccc(OCC(=O)O)cc3)C[C@@H]21. The van der Waals surface area contributed by atoms with Gasteiger partial charge in [0.1, 0.15) is 5.75 Å². The number of benzene rings is 1. The summed E-state index contributed by atoms with van der Waals surface area (Å²) in [7, 11) is 0. The van der Waals surface area contributed by atoms with Crippen LogP contribution in [0.3, 0.4) is 0 Å². The predicted octanol–water partition coefficient (Wildman–Crippen LogP) is 2.52. The highest BCUT2D eigenvalue weighted by Gasteiger charge is 2.47. The number of hydrogen-bond acceptors (Lipinski definition) is 4. The maximum Gasteiger partial charge on any atom is 0.341 e. The van der Waals surface area contributed by atoms with Crippen LogP contribution < -0.4 is 4.74 Å². The average Bonchev–Trinajstić information content (AvgIpc) is 2.98. The molecule has 1 aromatic rings. The molecule has 1 aromatic carbocycles. The smallest absolute Gasteiger partial charge is 0.341 e. The minimum Gasteiger partial charge on any atom is -0.482 e. The molecule has 0 amide bonds. The highest BCUT2D eigenvalue weighted by Crippen LogP contribution is 2.44. The average molecular weight is 333 g/mol.